The number of carbonyl (C=O) groups is 1. The van der Waals surface area contributed by atoms with Gasteiger partial charge in [0.2, 0.25) is 0 Å². The van der Waals surface area contributed by atoms with Crippen molar-refractivity contribution in [3.8, 4) is 11.8 Å². The molecule has 2 N–H and O–H groups in total. The van der Waals surface area contributed by atoms with Crippen LogP contribution >= 0.6 is 23.4 Å². The van der Waals surface area contributed by atoms with Crippen LogP contribution in [0.25, 0.3) is 0 Å². The Bertz CT molecular complexity index is 579. The Kier molecular flexibility index (Phi) is 5.98. The van der Waals surface area contributed by atoms with Crippen LogP contribution in [0.5, 0.6) is 0 Å². The summed E-state index contributed by atoms with van der Waals surface area (Å²) in [7, 11) is 0. The summed E-state index contributed by atoms with van der Waals surface area (Å²) in [5.41, 5.74) is 1.16. The third-order valence-corrected chi connectivity index (χ3v) is 5.09. The minimum Gasteiger partial charge on any atom is -0.384 e. The first-order chi connectivity index (χ1) is 10.2. The van der Waals surface area contributed by atoms with Gasteiger partial charge in [-0.05, 0) is 37.3 Å². The molecular formula is C16H18ClNO2S. The van der Waals surface area contributed by atoms with E-state index in [1.54, 1.807) is 18.2 Å². The second kappa shape index (κ2) is 7.74. The first-order valence-corrected chi connectivity index (χ1v) is 8.55. The molecule has 21 heavy (non-hydrogen) atoms. The summed E-state index contributed by atoms with van der Waals surface area (Å²) < 4.78 is 0. The van der Waals surface area contributed by atoms with E-state index in [0.29, 0.717) is 21.4 Å². The summed E-state index contributed by atoms with van der Waals surface area (Å²) in [5, 5.41) is 12.7. The quantitative estimate of drug-likeness (QED) is 0.841. The molecule has 1 fully saturated rings. The molecule has 1 aliphatic carbocycles. The van der Waals surface area contributed by atoms with E-state index in [1.807, 2.05) is 11.8 Å². The molecule has 0 saturated heterocycles. The van der Waals surface area contributed by atoms with Crippen LogP contribution in [0.3, 0.4) is 0 Å². The molecule has 3 nitrogen and oxygen atoms in total. The van der Waals surface area contributed by atoms with Crippen LogP contribution in [0.1, 0.15) is 35.2 Å². The third kappa shape index (κ3) is 4.16. The van der Waals surface area contributed by atoms with Crippen molar-refractivity contribution < 1.29 is 9.90 Å². The van der Waals surface area contributed by atoms with Gasteiger partial charge >= 0.3 is 0 Å². The topological polar surface area (TPSA) is 49.3 Å². The average molecular weight is 324 g/mol. The number of halogens is 1. The molecule has 1 aliphatic rings. The summed E-state index contributed by atoms with van der Waals surface area (Å²) in [5.74, 6) is 5.20. The number of thioether (sulfide) groups is 1. The Hall–Kier alpha value is -1.15. The Morgan fingerprint density at radius 1 is 1.52 bits per heavy atom. The van der Waals surface area contributed by atoms with Crippen LogP contribution in [-0.4, -0.2) is 35.2 Å². The largest absolute Gasteiger partial charge is 0.384 e. The zero-order valence-electron chi connectivity index (χ0n) is 11.9. The van der Waals surface area contributed by atoms with E-state index in [-0.39, 0.29) is 18.6 Å². The molecule has 2 rings (SSSR count). The highest BCUT2D eigenvalue weighted by atomic mass is 35.5. The van der Waals surface area contributed by atoms with Gasteiger partial charge in [0.1, 0.15) is 6.61 Å². The molecule has 1 aromatic carbocycles. The number of amides is 1. The number of carbonyl (C=O) groups excluding carboxylic acids is 1. The van der Waals surface area contributed by atoms with Crippen LogP contribution in [0.2, 0.25) is 5.02 Å². The molecule has 1 saturated carbocycles. The van der Waals surface area contributed by atoms with Crippen LogP contribution in [0.15, 0.2) is 18.2 Å². The lowest BCUT2D eigenvalue weighted by atomic mass is 10.1. The molecule has 0 radical (unpaired) electrons. The van der Waals surface area contributed by atoms with Gasteiger partial charge in [0, 0.05) is 22.4 Å². The normalized spacial score (nSPS) is 20.7. The Labute approximate surface area is 134 Å². The SMILES string of the molecule is CSC1CCCC1NC(=O)c1ccc(C#CCO)c(Cl)c1. The smallest absolute Gasteiger partial charge is 0.251 e. The van der Waals surface area contributed by atoms with Crippen molar-refractivity contribution in [3.05, 3.63) is 34.3 Å². The number of hydrogen-bond acceptors (Lipinski definition) is 3. The molecule has 1 amide bonds. The van der Waals surface area contributed by atoms with Gasteiger partial charge in [-0.15, -0.1) is 0 Å². The van der Waals surface area contributed by atoms with E-state index >= 15 is 0 Å². The monoisotopic (exact) mass is 323 g/mol. The zero-order chi connectivity index (χ0) is 15.2. The first-order valence-electron chi connectivity index (χ1n) is 6.88. The Morgan fingerprint density at radius 2 is 2.33 bits per heavy atom. The highest BCUT2D eigenvalue weighted by Crippen LogP contribution is 2.28. The van der Waals surface area contributed by atoms with Crippen LogP contribution in [0, 0.1) is 11.8 Å². The summed E-state index contributed by atoms with van der Waals surface area (Å²) in [4.78, 5) is 12.3. The lowest BCUT2D eigenvalue weighted by Crippen LogP contribution is -2.38. The zero-order valence-corrected chi connectivity index (χ0v) is 13.4. The fraction of sp³-hybridized carbons (Fsp3) is 0.438. The van der Waals surface area contributed by atoms with Crippen LogP contribution in [0.4, 0.5) is 0 Å². The lowest BCUT2D eigenvalue weighted by molar-refractivity contribution is 0.0938. The Balaban J connectivity index is 2.07. The number of nitrogens with one attached hydrogen (secondary N) is 1. The third-order valence-electron chi connectivity index (χ3n) is 3.61. The maximum absolute atomic E-state index is 12.3. The highest BCUT2D eigenvalue weighted by Gasteiger charge is 2.28. The molecule has 112 valence electrons. The molecular weight excluding hydrogens is 306 g/mol. The molecule has 0 spiro atoms. The van der Waals surface area contributed by atoms with Crippen molar-refractivity contribution >= 4 is 29.3 Å². The molecule has 0 aromatic heterocycles. The average Bonchev–Trinajstić information content (AvgIpc) is 2.93. The highest BCUT2D eigenvalue weighted by molar-refractivity contribution is 7.99. The maximum atomic E-state index is 12.3. The van der Waals surface area contributed by atoms with Gasteiger partial charge in [-0.1, -0.05) is 29.9 Å². The number of hydrogen-bond donors (Lipinski definition) is 2. The summed E-state index contributed by atoms with van der Waals surface area (Å²) >= 11 is 7.92. The fourth-order valence-corrected chi connectivity index (χ4v) is 3.68. The summed E-state index contributed by atoms with van der Waals surface area (Å²) in [6, 6.07) is 5.29. The van der Waals surface area contributed by atoms with Crippen molar-refractivity contribution in [2.75, 3.05) is 12.9 Å². The van der Waals surface area contributed by atoms with Crippen molar-refractivity contribution in [2.24, 2.45) is 0 Å². The van der Waals surface area contributed by atoms with E-state index in [4.69, 9.17) is 16.7 Å². The van der Waals surface area contributed by atoms with Crippen LogP contribution in [-0.2, 0) is 0 Å². The van der Waals surface area contributed by atoms with E-state index < -0.39 is 0 Å². The molecule has 2 atom stereocenters. The second-order valence-electron chi connectivity index (χ2n) is 4.94. The van der Waals surface area contributed by atoms with Gasteiger partial charge in [0.05, 0.1) is 5.02 Å². The first kappa shape index (κ1) is 16.2. The predicted molar refractivity (Wildman–Crippen MR) is 87.8 cm³/mol. The minimum absolute atomic E-state index is 0.0930. The van der Waals surface area contributed by atoms with E-state index in [0.717, 1.165) is 19.3 Å². The number of aliphatic hydroxyl groups is 1. The van der Waals surface area contributed by atoms with Gasteiger partial charge < -0.3 is 10.4 Å². The molecule has 0 aliphatic heterocycles. The van der Waals surface area contributed by atoms with E-state index in [1.165, 1.54) is 0 Å². The Morgan fingerprint density at radius 3 is 3.00 bits per heavy atom. The van der Waals surface area contributed by atoms with Gasteiger partial charge in [-0.3, -0.25) is 4.79 Å². The van der Waals surface area contributed by atoms with Crippen molar-refractivity contribution in [1.82, 2.24) is 5.32 Å². The fourth-order valence-electron chi connectivity index (χ4n) is 2.52. The van der Waals surface area contributed by atoms with Gasteiger partial charge in [0.15, 0.2) is 0 Å². The standard InChI is InChI=1S/C16H18ClNO2S/c1-21-15-6-2-5-14(15)18-16(20)12-8-7-11(4-3-9-19)13(17)10-12/h7-8,10,14-15,19H,2,5-6,9H2,1H3,(H,18,20). The molecule has 0 heterocycles. The molecule has 1 aromatic rings. The van der Waals surface area contributed by atoms with Crippen molar-refractivity contribution in [2.45, 2.75) is 30.6 Å². The van der Waals surface area contributed by atoms with Gasteiger partial charge in [0.25, 0.3) is 5.91 Å². The van der Waals surface area contributed by atoms with Gasteiger partial charge in [-0.2, -0.15) is 11.8 Å². The molecule has 5 heteroatoms. The lowest BCUT2D eigenvalue weighted by Gasteiger charge is -2.19. The van der Waals surface area contributed by atoms with Crippen LogP contribution < -0.4 is 5.32 Å². The summed E-state index contributed by atoms with van der Waals surface area (Å²) in [6.45, 7) is -0.212. The van der Waals surface area contributed by atoms with Crippen molar-refractivity contribution in [3.63, 3.8) is 0 Å². The predicted octanol–water partition coefficient (Wildman–Crippen LogP) is 2.70. The number of rotatable bonds is 3. The molecule has 0 bridgehead atoms. The van der Waals surface area contributed by atoms with Gasteiger partial charge in [-0.25, -0.2) is 0 Å². The molecule has 2 unspecified atom stereocenters. The maximum Gasteiger partial charge on any atom is 0.251 e. The van der Waals surface area contributed by atoms with E-state index in [9.17, 15) is 4.79 Å². The minimum atomic E-state index is -0.212. The van der Waals surface area contributed by atoms with E-state index in [2.05, 4.69) is 23.4 Å². The number of aliphatic hydroxyl groups excluding tert-OH is 1. The summed E-state index contributed by atoms with van der Waals surface area (Å²) in [6.07, 6.45) is 5.43. The van der Waals surface area contributed by atoms with Crippen molar-refractivity contribution in [1.29, 1.82) is 0 Å². The second-order valence-corrected chi connectivity index (χ2v) is 6.42. The number of benzene rings is 1.